The largest absolute Gasteiger partial charge is 0.455 e. The van der Waals surface area contributed by atoms with E-state index in [4.69, 9.17) is 9.52 Å². The number of aliphatic hydroxyl groups excluding tert-OH is 2. The number of aromatic nitrogens is 2. The molecule has 1 atom stereocenters. The van der Waals surface area contributed by atoms with Crippen molar-refractivity contribution in [1.82, 2.24) is 19.6 Å². The summed E-state index contributed by atoms with van der Waals surface area (Å²) in [7, 11) is 3.38. The van der Waals surface area contributed by atoms with Crippen molar-refractivity contribution in [2.45, 2.75) is 25.7 Å². The molecule has 2 aromatic rings. The average Bonchev–Trinajstić information content (AvgIpc) is 3.19. The molecule has 0 saturated heterocycles. The number of aliphatic hydroxyl groups is 2. The molecule has 0 spiro atoms. The third kappa shape index (κ3) is 3.35. The van der Waals surface area contributed by atoms with Crippen molar-refractivity contribution < 1.29 is 19.4 Å². The Kier molecular flexibility index (Phi) is 4.70. The predicted molar refractivity (Wildman–Crippen MR) is 85.1 cm³/mol. The van der Waals surface area contributed by atoms with Crippen LogP contribution in [0.4, 0.5) is 0 Å². The Morgan fingerprint density at radius 2 is 2.21 bits per heavy atom. The standard InChI is InChI=1S/C16H22N4O4/c1-18(2)16(23)15-4-3-12(24-15)9-19-5-6-20-11(8-19)7-13(17-20)14(22)10-21/h3-4,7,14,21-22H,5-6,8-10H2,1-2H3. The highest BCUT2D eigenvalue weighted by molar-refractivity contribution is 5.91. The van der Waals surface area contributed by atoms with Crippen molar-refractivity contribution in [3.05, 3.63) is 41.1 Å². The van der Waals surface area contributed by atoms with Crippen LogP contribution < -0.4 is 0 Å². The van der Waals surface area contributed by atoms with E-state index >= 15 is 0 Å². The van der Waals surface area contributed by atoms with Crippen LogP contribution in [0.2, 0.25) is 0 Å². The van der Waals surface area contributed by atoms with Crippen LogP contribution in [-0.4, -0.2) is 62.9 Å². The van der Waals surface area contributed by atoms with Gasteiger partial charge in [0.15, 0.2) is 5.76 Å². The number of hydrogen-bond donors (Lipinski definition) is 2. The summed E-state index contributed by atoms with van der Waals surface area (Å²) >= 11 is 0. The highest BCUT2D eigenvalue weighted by Crippen LogP contribution is 2.20. The highest BCUT2D eigenvalue weighted by atomic mass is 16.4. The van der Waals surface area contributed by atoms with Crippen LogP contribution >= 0.6 is 0 Å². The Bertz CT molecular complexity index is 721. The summed E-state index contributed by atoms with van der Waals surface area (Å²) in [5, 5.41) is 23.0. The second-order valence-electron chi connectivity index (χ2n) is 6.16. The maximum Gasteiger partial charge on any atom is 0.289 e. The van der Waals surface area contributed by atoms with Gasteiger partial charge in [-0.25, -0.2) is 0 Å². The summed E-state index contributed by atoms with van der Waals surface area (Å²) in [6, 6.07) is 5.33. The molecule has 8 heteroatoms. The molecule has 0 fully saturated rings. The fraction of sp³-hybridized carbons (Fsp3) is 0.500. The molecule has 1 unspecified atom stereocenters. The molecule has 0 aromatic carbocycles. The van der Waals surface area contributed by atoms with Gasteiger partial charge in [0.05, 0.1) is 31.1 Å². The Morgan fingerprint density at radius 3 is 2.92 bits per heavy atom. The van der Waals surface area contributed by atoms with Gasteiger partial charge in [-0.2, -0.15) is 5.10 Å². The summed E-state index contributed by atoms with van der Waals surface area (Å²) in [4.78, 5) is 15.5. The Labute approximate surface area is 139 Å². The maximum absolute atomic E-state index is 11.9. The molecule has 2 N–H and O–H groups in total. The van der Waals surface area contributed by atoms with E-state index in [0.29, 0.717) is 31.1 Å². The van der Waals surface area contributed by atoms with Crippen molar-refractivity contribution in [3.63, 3.8) is 0 Å². The molecule has 130 valence electrons. The van der Waals surface area contributed by atoms with E-state index in [1.807, 2.05) is 16.8 Å². The molecule has 3 heterocycles. The molecule has 1 amide bonds. The van der Waals surface area contributed by atoms with E-state index in [1.165, 1.54) is 4.90 Å². The van der Waals surface area contributed by atoms with Crippen LogP contribution in [0, 0.1) is 0 Å². The molecule has 3 rings (SSSR count). The van der Waals surface area contributed by atoms with Crippen LogP contribution in [-0.2, 0) is 19.6 Å². The number of carbonyl (C=O) groups is 1. The van der Waals surface area contributed by atoms with Crippen LogP contribution in [0.15, 0.2) is 22.6 Å². The van der Waals surface area contributed by atoms with E-state index in [1.54, 1.807) is 20.2 Å². The van der Waals surface area contributed by atoms with Crippen LogP contribution in [0.1, 0.15) is 33.8 Å². The fourth-order valence-electron chi connectivity index (χ4n) is 2.75. The number of carbonyl (C=O) groups excluding carboxylic acids is 1. The smallest absolute Gasteiger partial charge is 0.289 e. The Morgan fingerprint density at radius 1 is 1.42 bits per heavy atom. The minimum atomic E-state index is -0.943. The minimum Gasteiger partial charge on any atom is -0.455 e. The second kappa shape index (κ2) is 6.76. The Hall–Kier alpha value is -2.16. The van der Waals surface area contributed by atoms with E-state index < -0.39 is 6.10 Å². The van der Waals surface area contributed by atoms with Crippen molar-refractivity contribution in [1.29, 1.82) is 0 Å². The molecular formula is C16H22N4O4. The number of hydrogen-bond acceptors (Lipinski definition) is 6. The van der Waals surface area contributed by atoms with Crippen molar-refractivity contribution in [3.8, 4) is 0 Å². The van der Waals surface area contributed by atoms with Gasteiger partial charge in [-0.15, -0.1) is 0 Å². The third-order valence-corrected chi connectivity index (χ3v) is 4.07. The maximum atomic E-state index is 11.9. The molecule has 2 aromatic heterocycles. The summed E-state index contributed by atoms with van der Waals surface area (Å²) in [5.41, 5.74) is 1.48. The lowest BCUT2D eigenvalue weighted by molar-refractivity contribution is 0.0791. The monoisotopic (exact) mass is 334 g/mol. The van der Waals surface area contributed by atoms with Gasteiger partial charge in [0.25, 0.3) is 5.91 Å². The average molecular weight is 334 g/mol. The number of amides is 1. The molecule has 0 radical (unpaired) electrons. The quantitative estimate of drug-likeness (QED) is 0.812. The molecule has 1 aliphatic heterocycles. The topological polar surface area (TPSA) is 95.0 Å². The van der Waals surface area contributed by atoms with Gasteiger partial charge in [0.1, 0.15) is 11.9 Å². The minimum absolute atomic E-state index is 0.152. The lowest BCUT2D eigenvalue weighted by Crippen LogP contribution is -2.33. The molecule has 0 bridgehead atoms. The zero-order valence-corrected chi connectivity index (χ0v) is 13.8. The summed E-state index contributed by atoms with van der Waals surface area (Å²) in [5.74, 6) is 0.926. The molecular weight excluding hydrogens is 312 g/mol. The molecule has 8 nitrogen and oxygen atoms in total. The van der Waals surface area contributed by atoms with Crippen molar-refractivity contribution in [2.24, 2.45) is 0 Å². The summed E-state index contributed by atoms with van der Waals surface area (Å²) in [6.07, 6.45) is -0.943. The summed E-state index contributed by atoms with van der Waals surface area (Å²) < 4.78 is 7.48. The van der Waals surface area contributed by atoms with Crippen LogP contribution in [0.25, 0.3) is 0 Å². The normalized spacial score (nSPS) is 16.0. The zero-order chi connectivity index (χ0) is 17.3. The van der Waals surface area contributed by atoms with Crippen LogP contribution in [0.3, 0.4) is 0 Å². The van der Waals surface area contributed by atoms with Gasteiger partial charge < -0.3 is 19.5 Å². The van der Waals surface area contributed by atoms with Gasteiger partial charge in [-0.3, -0.25) is 14.4 Å². The van der Waals surface area contributed by atoms with E-state index in [9.17, 15) is 9.90 Å². The predicted octanol–water partition coefficient (Wildman–Crippen LogP) is 0.219. The molecule has 1 aliphatic rings. The first-order valence-corrected chi connectivity index (χ1v) is 7.86. The van der Waals surface area contributed by atoms with Gasteiger partial charge in [-0.1, -0.05) is 0 Å². The Balaban J connectivity index is 1.66. The summed E-state index contributed by atoms with van der Waals surface area (Å²) in [6.45, 7) is 2.43. The first kappa shape index (κ1) is 16.7. The lowest BCUT2D eigenvalue weighted by Gasteiger charge is -2.26. The van der Waals surface area contributed by atoms with Gasteiger partial charge >= 0.3 is 0 Å². The van der Waals surface area contributed by atoms with Gasteiger partial charge in [-0.05, 0) is 18.2 Å². The lowest BCUT2D eigenvalue weighted by atomic mass is 10.2. The third-order valence-electron chi connectivity index (χ3n) is 4.07. The number of fused-ring (bicyclic) bond motifs is 1. The fourth-order valence-corrected chi connectivity index (χ4v) is 2.75. The number of nitrogens with zero attached hydrogens (tertiary/aromatic N) is 4. The van der Waals surface area contributed by atoms with E-state index in [2.05, 4.69) is 10.00 Å². The van der Waals surface area contributed by atoms with Gasteiger partial charge in [0, 0.05) is 27.2 Å². The van der Waals surface area contributed by atoms with E-state index in [0.717, 1.165) is 18.0 Å². The zero-order valence-electron chi connectivity index (χ0n) is 13.8. The van der Waals surface area contributed by atoms with Crippen molar-refractivity contribution in [2.75, 3.05) is 27.2 Å². The highest BCUT2D eigenvalue weighted by Gasteiger charge is 2.22. The molecule has 24 heavy (non-hydrogen) atoms. The molecule has 0 saturated carbocycles. The number of rotatable bonds is 5. The first-order chi connectivity index (χ1) is 11.5. The van der Waals surface area contributed by atoms with Crippen molar-refractivity contribution >= 4 is 5.91 Å². The SMILES string of the molecule is CN(C)C(=O)c1ccc(CN2CCn3nc(C(O)CO)cc3C2)o1. The molecule has 0 aliphatic carbocycles. The first-order valence-electron chi connectivity index (χ1n) is 7.86. The number of furan rings is 1. The van der Waals surface area contributed by atoms with Crippen LogP contribution in [0.5, 0.6) is 0 Å². The van der Waals surface area contributed by atoms with E-state index in [-0.39, 0.29) is 12.5 Å². The second-order valence-corrected chi connectivity index (χ2v) is 6.16. The van der Waals surface area contributed by atoms with Gasteiger partial charge in [0.2, 0.25) is 0 Å².